The smallest absolute Gasteiger partial charge is 0.0159 e. The summed E-state index contributed by atoms with van der Waals surface area (Å²) >= 11 is 0. The minimum Gasteiger partial charge on any atom is -0.365 e. The Morgan fingerprint density at radius 2 is 2.40 bits per heavy atom. The standard InChI is InChI=1S/C12H21N3/c1-3-11(14-7-1)5-9-13-10-6-12-4-2-8-15-12/h1,3,7,12-15H,2,4-6,8-10H2. The molecule has 84 valence electrons. The van der Waals surface area contributed by atoms with Crippen molar-refractivity contribution >= 4 is 0 Å². The molecule has 0 saturated carbocycles. The number of rotatable bonds is 6. The van der Waals surface area contributed by atoms with Gasteiger partial charge in [-0.2, -0.15) is 0 Å². The average molecular weight is 207 g/mol. The van der Waals surface area contributed by atoms with Crippen LogP contribution in [0.15, 0.2) is 18.3 Å². The molecule has 1 saturated heterocycles. The molecule has 1 aromatic heterocycles. The summed E-state index contributed by atoms with van der Waals surface area (Å²) in [7, 11) is 0. The second kappa shape index (κ2) is 5.93. The van der Waals surface area contributed by atoms with Crippen molar-refractivity contribution in [2.24, 2.45) is 0 Å². The highest BCUT2D eigenvalue weighted by Crippen LogP contribution is 2.07. The van der Waals surface area contributed by atoms with Crippen LogP contribution in [0.4, 0.5) is 0 Å². The van der Waals surface area contributed by atoms with Crippen LogP contribution in [0.25, 0.3) is 0 Å². The molecule has 0 radical (unpaired) electrons. The quantitative estimate of drug-likeness (QED) is 0.615. The Kier molecular flexibility index (Phi) is 4.23. The number of aromatic amines is 1. The monoisotopic (exact) mass is 207 g/mol. The molecule has 0 aliphatic carbocycles. The third kappa shape index (κ3) is 3.68. The fraction of sp³-hybridized carbons (Fsp3) is 0.667. The van der Waals surface area contributed by atoms with Crippen molar-refractivity contribution in [2.45, 2.75) is 31.7 Å². The maximum atomic E-state index is 3.51. The van der Waals surface area contributed by atoms with E-state index in [0.29, 0.717) is 0 Å². The molecule has 0 bridgehead atoms. The van der Waals surface area contributed by atoms with Crippen LogP contribution in [0.1, 0.15) is 25.0 Å². The molecule has 3 N–H and O–H groups in total. The van der Waals surface area contributed by atoms with E-state index in [4.69, 9.17) is 0 Å². The first kappa shape index (κ1) is 10.7. The van der Waals surface area contributed by atoms with Gasteiger partial charge in [-0.05, 0) is 50.9 Å². The zero-order chi connectivity index (χ0) is 10.3. The van der Waals surface area contributed by atoms with Crippen molar-refractivity contribution in [2.75, 3.05) is 19.6 Å². The third-order valence-electron chi connectivity index (χ3n) is 3.07. The zero-order valence-electron chi connectivity index (χ0n) is 9.26. The second-order valence-corrected chi connectivity index (χ2v) is 4.28. The Hall–Kier alpha value is -0.800. The summed E-state index contributed by atoms with van der Waals surface area (Å²) < 4.78 is 0. The Labute approximate surface area is 91.7 Å². The number of nitrogens with one attached hydrogen (secondary N) is 3. The van der Waals surface area contributed by atoms with E-state index in [0.717, 1.165) is 25.6 Å². The van der Waals surface area contributed by atoms with Crippen LogP contribution in [0.3, 0.4) is 0 Å². The lowest BCUT2D eigenvalue weighted by molar-refractivity contribution is 0.524. The molecular formula is C12H21N3. The van der Waals surface area contributed by atoms with E-state index in [1.807, 2.05) is 6.20 Å². The molecule has 0 aromatic carbocycles. The normalized spacial score (nSPS) is 20.9. The van der Waals surface area contributed by atoms with Gasteiger partial charge in [-0.1, -0.05) is 0 Å². The maximum Gasteiger partial charge on any atom is 0.0159 e. The molecule has 0 amide bonds. The van der Waals surface area contributed by atoms with Crippen molar-refractivity contribution in [1.29, 1.82) is 0 Å². The molecule has 3 heteroatoms. The molecule has 3 nitrogen and oxygen atoms in total. The third-order valence-corrected chi connectivity index (χ3v) is 3.07. The molecule has 1 aliphatic rings. The fourth-order valence-corrected chi connectivity index (χ4v) is 2.15. The Bertz CT molecular complexity index is 250. The fourth-order valence-electron chi connectivity index (χ4n) is 2.15. The minimum atomic E-state index is 0.767. The summed E-state index contributed by atoms with van der Waals surface area (Å²) in [5, 5.41) is 7.01. The van der Waals surface area contributed by atoms with E-state index in [1.165, 1.54) is 31.5 Å². The van der Waals surface area contributed by atoms with Crippen molar-refractivity contribution in [3.05, 3.63) is 24.0 Å². The molecule has 2 rings (SSSR count). The van der Waals surface area contributed by atoms with Gasteiger partial charge in [-0.15, -0.1) is 0 Å². The van der Waals surface area contributed by atoms with E-state index in [2.05, 4.69) is 27.8 Å². The molecule has 1 aliphatic heterocycles. The average Bonchev–Trinajstić information content (AvgIpc) is 2.88. The van der Waals surface area contributed by atoms with Crippen LogP contribution in [-0.4, -0.2) is 30.7 Å². The van der Waals surface area contributed by atoms with Crippen LogP contribution >= 0.6 is 0 Å². The predicted molar refractivity (Wildman–Crippen MR) is 63.0 cm³/mol. The van der Waals surface area contributed by atoms with E-state index in [-0.39, 0.29) is 0 Å². The van der Waals surface area contributed by atoms with E-state index in [1.54, 1.807) is 0 Å². The highest BCUT2D eigenvalue weighted by molar-refractivity contribution is 5.03. The SMILES string of the molecule is c1c[nH]c(CCNCCC2CCCN2)c1. The highest BCUT2D eigenvalue weighted by Gasteiger charge is 2.12. The van der Waals surface area contributed by atoms with Gasteiger partial charge in [0.2, 0.25) is 0 Å². The van der Waals surface area contributed by atoms with Gasteiger partial charge in [-0.25, -0.2) is 0 Å². The number of H-pyrrole nitrogens is 1. The van der Waals surface area contributed by atoms with Crippen molar-refractivity contribution < 1.29 is 0 Å². The summed E-state index contributed by atoms with van der Waals surface area (Å²) in [6, 6.07) is 4.96. The van der Waals surface area contributed by atoms with Crippen LogP contribution in [-0.2, 0) is 6.42 Å². The van der Waals surface area contributed by atoms with Crippen LogP contribution < -0.4 is 10.6 Å². The van der Waals surface area contributed by atoms with Crippen molar-refractivity contribution in [3.8, 4) is 0 Å². The van der Waals surface area contributed by atoms with E-state index in [9.17, 15) is 0 Å². The van der Waals surface area contributed by atoms with Gasteiger partial charge in [0.05, 0.1) is 0 Å². The summed E-state index contributed by atoms with van der Waals surface area (Å²) in [6.45, 7) is 3.43. The molecule has 1 fully saturated rings. The Balaban J connectivity index is 1.48. The maximum absolute atomic E-state index is 3.51. The highest BCUT2D eigenvalue weighted by atomic mass is 14.9. The van der Waals surface area contributed by atoms with E-state index < -0.39 is 0 Å². The Morgan fingerprint density at radius 3 is 3.13 bits per heavy atom. The van der Waals surface area contributed by atoms with Gasteiger partial charge in [-0.3, -0.25) is 0 Å². The number of hydrogen-bond acceptors (Lipinski definition) is 2. The largest absolute Gasteiger partial charge is 0.365 e. The molecule has 1 atom stereocenters. The van der Waals surface area contributed by atoms with Crippen molar-refractivity contribution in [3.63, 3.8) is 0 Å². The molecular weight excluding hydrogens is 186 g/mol. The van der Waals surface area contributed by atoms with Crippen LogP contribution in [0.5, 0.6) is 0 Å². The number of hydrogen-bond donors (Lipinski definition) is 3. The molecule has 1 unspecified atom stereocenters. The molecule has 1 aromatic rings. The summed E-state index contributed by atoms with van der Waals surface area (Å²) in [5.41, 5.74) is 1.32. The van der Waals surface area contributed by atoms with Crippen LogP contribution in [0.2, 0.25) is 0 Å². The van der Waals surface area contributed by atoms with Gasteiger partial charge < -0.3 is 15.6 Å². The molecule has 0 spiro atoms. The first-order chi connectivity index (χ1) is 7.45. The summed E-state index contributed by atoms with van der Waals surface area (Å²) in [6.07, 6.45) is 7.07. The summed E-state index contributed by atoms with van der Waals surface area (Å²) in [5.74, 6) is 0. The van der Waals surface area contributed by atoms with E-state index >= 15 is 0 Å². The van der Waals surface area contributed by atoms with Gasteiger partial charge in [0.1, 0.15) is 0 Å². The summed E-state index contributed by atoms with van der Waals surface area (Å²) in [4.78, 5) is 3.22. The lowest BCUT2D eigenvalue weighted by Crippen LogP contribution is -2.28. The minimum absolute atomic E-state index is 0.767. The Morgan fingerprint density at radius 1 is 1.40 bits per heavy atom. The van der Waals surface area contributed by atoms with Gasteiger partial charge >= 0.3 is 0 Å². The topological polar surface area (TPSA) is 39.9 Å². The first-order valence-electron chi connectivity index (χ1n) is 6.01. The van der Waals surface area contributed by atoms with Crippen LogP contribution in [0, 0.1) is 0 Å². The second-order valence-electron chi connectivity index (χ2n) is 4.28. The lowest BCUT2D eigenvalue weighted by atomic mass is 10.1. The first-order valence-corrected chi connectivity index (χ1v) is 6.01. The number of aromatic nitrogens is 1. The van der Waals surface area contributed by atoms with Crippen molar-refractivity contribution in [1.82, 2.24) is 15.6 Å². The van der Waals surface area contributed by atoms with Gasteiger partial charge in [0, 0.05) is 24.5 Å². The predicted octanol–water partition coefficient (Wildman–Crippen LogP) is 1.29. The molecule has 15 heavy (non-hydrogen) atoms. The zero-order valence-corrected chi connectivity index (χ0v) is 9.26. The lowest BCUT2D eigenvalue weighted by Gasteiger charge is -2.10. The molecule has 2 heterocycles. The van der Waals surface area contributed by atoms with Gasteiger partial charge in [0.15, 0.2) is 0 Å². The van der Waals surface area contributed by atoms with Gasteiger partial charge in [0.25, 0.3) is 0 Å².